The Morgan fingerprint density at radius 2 is 1.07 bits per heavy atom. The third-order valence-electron chi connectivity index (χ3n) is 14.7. The highest BCUT2D eigenvalue weighted by molar-refractivity contribution is 6.09. The van der Waals surface area contributed by atoms with Crippen LogP contribution in [-0.4, -0.2) is 16.2 Å². The molecule has 0 aliphatic carbocycles. The Hall–Kier alpha value is -7.69. The van der Waals surface area contributed by atoms with Crippen molar-refractivity contribution >= 4 is 44.6 Å². The number of rotatable bonds is 8. The first-order valence-electron chi connectivity index (χ1n) is 29.8. The molecule has 3 heterocycles. The van der Waals surface area contributed by atoms with Gasteiger partial charge in [-0.3, -0.25) is 4.57 Å². The summed E-state index contributed by atoms with van der Waals surface area (Å²) >= 11 is 0. The first-order valence-corrected chi connectivity index (χ1v) is 24.8. The molecule has 0 unspecified atom stereocenters. The average molecular weight is 949 g/mol. The highest BCUT2D eigenvalue weighted by Crippen LogP contribution is 2.52. The van der Waals surface area contributed by atoms with Crippen LogP contribution in [-0.2, 0) is 16.2 Å². The quantitative estimate of drug-likeness (QED) is 0.152. The van der Waals surface area contributed by atoms with E-state index >= 15 is 0 Å². The molecule has 0 amide bonds. The molecule has 0 saturated carbocycles. The van der Waals surface area contributed by atoms with E-state index in [9.17, 15) is 5.48 Å². The number of hydrogen-bond donors (Lipinski definition) is 0. The molecule has 0 fully saturated rings. The number of pyridine rings is 1. The second kappa shape index (κ2) is 17.6. The van der Waals surface area contributed by atoms with Gasteiger partial charge in [0.15, 0.2) is 0 Å². The van der Waals surface area contributed by atoms with Gasteiger partial charge in [0.05, 0.1) is 41.8 Å². The third kappa shape index (κ3) is 8.17. The van der Waals surface area contributed by atoms with Crippen LogP contribution in [0.2, 0.25) is 0 Å². The molecule has 72 heavy (non-hydrogen) atoms. The number of nitrogens with zero attached hydrogens (tertiary/aromatic N) is 4. The number of aromatic nitrogens is 2. The van der Waals surface area contributed by atoms with Crippen molar-refractivity contribution in [2.45, 2.75) is 92.4 Å². The van der Waals surface area contributed by atoms with Gasteiger partial charge in [0, 0.05) is 39.2 Å². The van der Waals surface area contributed by atoms with Crippen molar-refractivity contribution in [2.24, 2.45) is 0 Å². The Labute approximate surface area is 441 Å². The first-order chi connectivity index (χ1) is 38.6. The first kappa shape index (κ1) is 36.3. The fraction of sp³-hybridized carbons (Fsp3) is 0.221. The van der Waals surface area contributed by atoms with Gasteiger partial charge in [0.1, 0.15) is 12.5 Å². The lowest BCUT2D eigenvalue weighted by Gasteiger charge is -2.31. The van der Waals surface area contributed by atoms with E-state index in [1.54, 1.807) is 0 Å². The molecule has 2 aromatic heterocycles. The number of para-hydroxylation sites is 3. The van der Waals surface area contributed by atoms with E-state index in [0.717, 1.165) is 77.9 Å². The van der Waals surface area contributed by atoms with E-state index in [4.69, 9.17) is 13.2 Å². The van der Waals surface area contributed by atoms with Gasteiger partial charge in [-0.2, -0.15) is 0 Å². The van der Waals surface area contributed by atoms with E-state index in [1.165, 1.54) is 5.56 Å². The van der Waals surface area contributed by atoms with Gasteiger partial charge in [-0.25, -0.2) is 4.98 Å². The monoisotopic (exact) mass is 949 g/mol. The average Bonchev–Trinajstić information content (AvgIpc) is 4.00. The molecule has 0 spiro atoms. The predicted molar refractivity (Wildman–Crippen MR) is 307 cm³/mol. The molecule has 0 radical (unpaired) electrons. The summed E-state index contributed by atoms with van der Waals surface area (Å²) < 4.78 is 92.9. The number of hydrogen-bond acceptors (Lipinski definition) is 3. The van der Waals surface area contributed by atoms with Crippen molar-refractivity contribution in [3.05, 3.63) is 227 Å². The lowest BCUT2D eigenvalue weighted by Crippen LogP contribution is -2.26. The van der Waals surface area contributed by atoms with Gasteiger partial charge in [0.2, 0.25) is 0 Å². The van der Waals surface area contributed by atoms with E-state index in [0.29, 0.717) is 16.9 Å². The Morgan fingerprint density at radius 1 is 0.486 bits per heavy atom. The van der Waals surface area contributed by atoms with E-state index in [-0.39, 0.29) is 34.3 Å². The zero-order valence-corrected chi connectivity index (χ0v) is 43.1. The molecule has 1 aliphatic heterocycles. The van der Waals surface area contributed by atoms with Crippen molar-refractivity contribution in [3.63, 3.8) is 0 Å². The van der Waals surface area contributed by atoms with Crippen LogP contribution in [0.3, 0.4) is 0 Å². The Kier molecular flexibility index (Phi) is 8.84. The molecule has 4 heteroatoms. The second-order valence-corrected chi connectivity index (χ2v) is 22.1. The highest BCUT2D eigenvalue weighted by Gasteiger charge is 2.34. The van der Waals surface area contributed by atoms with Gasteiger partial charge >= 0.3 is 0 Å². The SMILES string of the molecule is [2H]c1c([2H])c([2H])c(-c2cc(C(C)(C)C)cc(-c3c([2H])c([2H])c([2H])c([2H])c3[2H])c2N2CN(c3cc(-c4c(C)cc(C)cc4C)cc(C(C)(C)c4ccc5c6ccccc6n(-c6cc(C(C)(C)C)ccn6)c5c4)c3)c3ccccc32)c([2H])c1[2H]. The van der Waals surface area contributed by atoms with Gasteiger partial charge in [-0.15, -0.1) is 0 Å². The van der Waals surface area contributed by atoms with Gasteiger partial charge < -0.3 is 9.80 Å². The van der Waals surface area contributed by atoms with Crippen LogP contribution in [0.1, 0.15) is 108 Å². The minimum Gasteiger partial charge on any atom is -0.321 e. The summed E-state index contributed by atoms with van der Waals surface area (Å²) in [5, 5.41) is 2.25. The van der Waals surface area contributed by atoms with Gasteiger partial charge in [-0.05, 0) is 148 Å². The number of fused-ring (bicyclic) bond motifs is 4. The molecule has 11 rings (SSSR count). The summed E-state index contributed by atoms with van der Waals surface area (Å²) in [4.78, 5) is 9.20. The van der Waals surface area contributed by atoms with Crippen LogP contribution >= 0.6 is 0 Å². The van der Waals surface area contributed by atoms with Crippen LogP contribution in [0.15, 0.2) is 188 Å². The van der Waals surface area contributed by atoms with Crippen LogP contribution in [0.4, 0.5) is 22.7 Å². The Bertz CT molecular complexity index is 4140. The standard InChI is InChI=1S/C68H66N4/c1-44-34-45(2)64(46(3)35-44)49-36-53(68(10,11)51-30-31-56-55-26-18-19-27-59(55)72(62(56)41-51)63-42-50(32-33-69-63)66(4,5)6)38-54(37-49)70-43-71(61-29-21-20-28-60(61)70)65-57(47-22-14-12-15-23-47)39-52(67(7,8)9)40-58(65)48-24-16-13-17-25-48/h12-42H,43H2,1-11H3/i12D,13D,14D,15D,16D,17D,22D,23D,24D,25D. The molecule has 0 N–H and O–H groups in total. The molecule has 358 valence electrons. The van der Waals surface area contributed by atoms with Crippen LogP contribution in [0, 0.1) is 20.8 Å². The highest BCUT2D eigenvalue weighted by atomic mass is 15.4. The zero-order valence-electron chi connectivity index (χ0n) is 53.1. The van der Waals surface area contributed by atoms with Crippen molar-refractivity contribution in [1.82, 2.24) is 9.55 Å². The third-order valence-corrected chi connectivity index (χ3v) is 14.7. The number of anilines is 4. The second-order valence-electron chi connectivity index (χ2n) is 22.1. The summed E-state index contributed by atoms with van der Waals surface area (Å²) in [6.07, 6.45) is 1.90. The zero-order chi connectivity index (χ0) is 59.0. The number of aryl methyl sites for hydroxylation is 3. The van der Waals surface area contributed by atoms with Gasteiger partial charge in [0.25, 0.3) is 0 Å². The molecule has 0 saturated heterocycles. The van der Waals surface area contributed by atoms with Crippen LogP contribution in [0.25, 0.3) is 61.0 Å². The molecule has 4 nitrogen and oxygen atoms in total. The van der Waals surface area contributed by atoms with E-state index in [1.807, 2.05) is 68.3 Å². The summed E-state index contributed by atoms with van der Waals surface area (Å²) in [7, 11) is 0. The Morgan fingerprint density at radius 3 is 1.69 bits per heavy atom. The maximum Gasteiger partial charge on any atom is 0.137 e. The molecular weight excluding hydrogens is 873 g/mol. The van der Waals surface area contributed by atoms with Crippen molar-refractivity contribution < 1.29 is 13.7 Å². The lowest BCUT2D eigenvalue weighted by atomic mass is 9.76. The molecule has 10 aromatic rings. The fourth-order valence-corrected chi connectivity index (χ4v) is 10.8. The minimum atomic E-state index is -0.622. The molecule has 0 bridgehead atoms. The summed E-state index contributed by atoms with van der Waals surface area (Å²) in [6.45, 7) is 23.6. The summed E-state index contributed by atoms with van der Waals surface area (Å²) in [5.74, 6) is 0.845. The Balaban J connectivity index is 1.17. The molecular formula is C68H66N4. The minimum absolute atomic E-state index is 0.0679. The maximum atomic E-state index is 9.44. The topological polar surface area (TPSA) is 24.3 Å². The van der Waals surface area contributed by atoms with Crippen molar-refractivity contribution in [3.8, 4) is 39.2 Å². The van der Waals surface area contributed by atoms with E-state index < -0.39 is 71.3 Å². The normalized spacial score (nSPS) is 15.0. The predicted octanol–water partition coefficient (Wildman–Crippen LogP) is 18.3. The molecule has 8 aromatic carbocycles. The van der Waals surface area contributed by atoms with Crippen molar-refractivity contribution in [1.29, 1.82) is 0 Å². The summed E-state index contributed by atoms with van der Waals surface area (Å²) in [6, 6.07) is 37.4. The van der Waals surface area contributed by atoms with Gasteiger partial charge in [-0.1, -0.05) is 182 Å². The molecule has 0 atom stereocenters. The smallest absolute Gasteiger partial charge is 0.137 e. The van der Waals surface area contributed by atoms with Crippen LogP contribution < -0.4 is 9.80 Å². The molecule has 1 aliphatic rings. The van der Waals surface area contributed by atoms with Crippen molar-refractivity contribution in [2.75, 3.05) is 16.5 Å². The number of benzene rings is 8. The summed E-state index contributed by atoms with van der Waals surface area (Å²) in [5.41, 5.74) is 13.4. The fourth-order valence-electron chi connectivity index (χ4n) is 10.8. The largest absolute Gasteiger partial charge is 0.321 e. The van der Waals surface area contributed by atoms with E-state index in [2.05, 4.69) is 150 Å². The maximum absolute atomic E-state index is 9.44. The van der Waals surface area contributed by atoms with Crippen LogP contribution in [0.5, 0.6) is 0 Å². The lowest BCUT2D eigenvalue weighted by molar-refractivity contribution is 0.588.